The number of phenolic OH excluding ortho intramolecular Hbond substituents is 1. The van der Waals surface area contributed by atoms with Crippen LogP contribution in [0.25, 0.3) is 0 Å². The lowest BCUT2D eigenvalue weighted by molar-refractivity contribution is 0.139. The minimum absolute atomic E-state index is 0.0882. The van der Waals surface area contributed by atoms with Gasteiger partial charge >= 0.3 is 0 Å². The van der Waals surface area contributed by atoms with Crippen LogP contribution in [0.5, 0.6) is 5.75 Å². The average molecular weight is 336 g/mol. The second kappa shape index (κ2) is 8.35. The fourth-order valence-electron chi connectivity index (χ4n) is 3.80. The Hall–Kier alpha value is -2.06. The normalized spacial score (nSPS) is 20.1. The van der Waals surface area contributed by atoms with E-state index in [1.54, 1.807) is 24.3 Å². The van der Waals surface area contributed by atoms with Crippen molar-refractivity contribution in [2.24, 2.45) is 11.8 Å². The van der Waals surface area contributed by atoms with Crippen LogP contribution in [0.2, 0.25) is 0 Å². The summed E-state index contributed by atoms with van der Waals surface area (Å²) in [7, 11) is 0. The Morgan fingerprint density at radius 2 is 1.64 bits per heavy atom. The van der Waals surface area contributed by atoms with Gasteiger partial charge in [0.1, 0.15) is 5.75 Å². The van der Waals surface area contributed by atoms with Crippen molar-refractivity contribution in [3.63, 3.8) is 0 Å². The first-order chi connectivity index (χ1) is 12.1. The third-order valence-corrected chi connectivity index (χ3v) is 5.35. The zero-order chi connectivity index (χ0) is 17.6. The second-order valence-corrected chi connectivity index (χ2v) is 7.35. The number of rotatable bonds is 5. The summed E-state index contributed by atoms with van der Waals surface area (Å²) in [6.45, 7) is 2.07. The lowest BCUT2D eigenvalue weighted by Gasteiger charge is -2.26. The Morgan fingerprint density at radius 3 is 2.28 bits per heavy atom. The molecule has 0 aromatic heterocycles. The fraction of sp³-hybridized carbons (Fsp3) is 0.391. The van der Waals surface area contributed by atoms with E-state index in [0.29, 0.717) is 0 Å². The molecule has 0 aliphatic heterocycles. The molecular formula is C23H28O2. The third kappa shape index (κ3) is 4.96. The van der Waals surface area contributed by atoms with Crippen molar-refractivity contribution in [1.82, 2.24) is 0 Å². The van der Waals surface area contributed by atoms with Crippen LogP contribution in [0.4, 0.5) is 0 Å². The summed E-state index contributed by atoms with van der Waals surface area (Å²) >= 11 is 0. The summed E-state index contributed by atoms with van der Waals surface area (Å²) in [6.07, 6.45) is 7.69. The molecule has 1 aliphatic rings. The van der Waals surface area contributed by atoms with Crippen molar-refractivity contribution in [3.8, 4) is 5.75 Å². The summed E-state index contributed by atoms with van der Waals surface area (Å²) in [5.74, 6) is 1.10. The Morgan fingerprint density at radius 1 is 1.00 bits per heavy atom. The summed E-state index contributed by atoms with van der Waals surface area (Å²) in [5, 5.41) is 19.9. The van der Waals surface area contributed by atoms with Crippen LogP contribution >= 0.6 is 0 Å². The van der Waals surface area contributed by atoms with E-state index in [2.05, 4.69) is 43.3 Å². The van der Waals surface area contributed by atoms with Crippen molar-refractivity contribution in [2.75, 3.05) is 0 Å². The molecular weight excluding hydrogens is 308 g/mol. The van der Waals surface area contributed by atoms with Gasteiger partial charge < -0.3 is 10.2 Å². The van der Waals surface area contributed by atoms with Gasteiger partial charge in [0.05, 0.1) is 6.10 Å². The van der Waals surface area contributed by atoms with Gasteiger partial charge in [-0.2, -0.15) is 0 Å². The van der Waals surface area contributed by atoms with Gasteiger partial charge in [-0.25, -0.2) is 0 Å². The highest BCUT2D eigenvalue weighted by molar-refractivity contribution is 5.28. The standard InChI is InChI=1S/C23H28O2/c1-17(23(25)21-11-13-22(24)14-12-21)15-19-7-9-20(10-8-19)16-18-5-3-2-4-6-18/h2-6,11-15,17,20,23-25H,7-10,16H2,1H3/t17-,20?,23+/m1/s1. The maximum atomic E-state index is 10.5. The lowest BCUT2D eigenvalue weighted by atomic mass is 9.81. The average Bonchev–Trinajstić information content (AvgIpc) is 2.64. The molecule has 2 heteroatoms. The number of aromatic hydroxyl groups is 1. The Labute approximate surface area is 150 Å². The van der Waals surface area contributed by atoms with E-state index in [-0.39, 0.29) is 11.7 Å². The quantitative estimate of drug-likeness (QED) is 0.716. The largest absolute Gasteiger partial charge is 0.508 e. The Bertz CT molecular complexity index is 678. The van der Waals surface area contributed by atoms with E-state index >= 15 is 0 Å². The molecule has 0 bridgehead atoms. The number of benzene rings is 2. The van der Waals surface area contributed by atoms with Crippen LogP contribution in [-0.2, 0) is 6.42 Å². The first-order valence-corrected chi connectivity index (χ1v) is 9.32. The van der Waals surface area contributed by atoms with E-state index in [0.717, 1.165) is 24.3 Å². The minimum atomic E-state index is -0.518. The number of aliphatic hydroxyl groups is 1. The zero-order valence-electron chi connectivity index (χ0n) is 14.9. The number of hydrogen-bond donors (Lipinski definition) is 2. The highest BCUT2D eigenvalue weighted by Gasteiger charge is 2.20. The van der Waals surface area contributed by atoms with Gasteiger partial charge in [-0.15, -0.1) is 0 Å². The molecule has 2 N–H and O–H groups in total. The summed E-state index contributed by atoms with van der Waals surface area (Å²) < 4.78 is 0. The monoisotopic (exact) mass is 336 g/mol. The van der Waals surface area contributed by atoms with E-state index in [1.165, 1.54) is 30.4 Å². The van der Waals surface area contributed by atoms with Gasteiger partial charge in [-0.05, 0) is 61.3 Å². The maximum absolute atomic E-state index is 10.5. The molecule has 2 aromatic carbocycles. The molecule has 0 radical (unpaired) electrons. The smallest absolute Gasteiger partial charge is 0.115 e. The predicted molar refractivity (Wildman–Crippen MR) is 102 cm³/mol. The molecule has 132 valence electrons. The number of allylic oxidation sites excluding steroid dienone is 1. The van der Waals surface area contributed by atoms with E-state index in [9.17, 15) is 10.2 Å². The molecule has 25 heavy (non-hydrogen) atoms. The first kappa shape index (κ1) is 17.8. The van der Waals surface area contributed by atoms with Crippen LogP contribution in [0, 0.1) is 11.8 Å². The summed E-state index contributed by atoms with van der Waals surface area (Å²) in [6, 6.07) is 17.6. The molecule has 0 spiro atoms. The molecule has 1 fully saturated rings. The number of hydrogen-bond acceptors (Lipinski definition) is 2. The van der Waals surface area contributed by atoms with E-state index in [4.69, 9.17) is 0 Å². The molecule has 0 heterocycles. The Balaban J connectivity index is 1.53. The van der Waals surface area contributed by atoms with Crippen LogP contribution in [0.3, 0.4) is 0 Å². The number of phenols is 1. The fourth-order valence-corrected chi connectivity index (χ4v) is 3.80. The lowest BCUT2D eigenvalue weighted by Crippen LogP contribution is -2.13. The summed E-state index contributed by atoms with van der Waals surface area (Å²) in [4.78, 5) is 0. The van der Waals surface area contributed by atoms with Crippen molar-refractivity contribution in [2.45, 2.75) is 45.1 Å². The maximum Gasteiger partial charge on any atom is 0.115 e. The van der Waals surface area contributed by atoms with Crippen molar-refractivity contribution in [3.05, 3.63) is 77.4 Å². The molecule has 2 aromatic rings. The highest BCUT2D eigenvalue weighted by atomic mass is 16.3. The van der Waals surface area contributed by atoms with Gasteiger partial charge in [0.25, 0.3) is 0 Å². The van der Waals surface area contributed by atoms with Gasteiger partial charge in [-0.3, -0.25) is 0 Å². The third-order valence-electron chi connectivity index (χ3n) is 5.35. The zero-order valence-corrected chi connectivity index (χ0v) is 14.9. The number of aliphatic hydroxyl groups excluding tert-OH is 1. The van der Waals surface area contributed by atoms with Gasteiger partial charge in [0.2, 0.25) is 0 Å². The van der Waals surface area contributed by atoms with E-state index < -0.39 is 6.10 Å². The molecule has 0 unspecified atom stereocenters. The van der Waals surface area contributed by atoms with Gasteiger partial charge in [0, 0.05) is 5.92 Å². The van der Waals surface area contributed by atoms with Gasteiger partial charge in [-0.1, -0.05) is 61.0 Å². The molecule has 2 nitrogen and oxygen atoms in total. The van der Waals surface area contributed by atoms with E-state index in [1.807, 2.05) is 0 Å². The molecule has 0 amide bonds. The molecule has 2 atom stereocenters. The second-order valence-electron chi connectivity index (χ2n) is 7.35. The van der Waals surface area contributed by atoms with Gasteiger partial charge in [0.15, 0.2) is 0 Å². The first-order valence-electron chi connectivity index (χ1n) is 9.32. The van der Waals surface area contributed by atoms with Crippen LogP contribution in [0.15, 0.2) is 66.2 Å². The van der Waals surface area contributed by atoms with Crippen LogP contribution in [0.1, 0.15) is 49.8 Å². The minimum Gasteiger partial charge on any atom is -0.508 e. The molecule has 1 aliphatic carbocycles. The topological polar surface area (TPSA) is 40.5 Å². The van der Waals surface area contributed by atoms with Crippen molar-refractivity contribution >= 4 is 0 Å². The van der Waals surface area contributed by atoms with Crippen LogP contribution in [-0.4, -0.2) is 10.2 Å². The highest BCUT2D eigenvalue weighted by Crippen LogP contribution is 2.33. The predicted octanol–water partition coefficient (Wildman–Crippen LogP) is 5.42. The molecule has 0 saturated heterocycles. The Kier molecular flexibility index (Phi) is 5.93. The van der Waals surface area contributed by atoms with Crippen molar-refractivity contribution < 1.29 is 10.2 Å². The molecule has 1 saturated carbocycles. The SMILES string of the molecule is C[C@H](C=C1CCC(Cc2ccccc2)CC1)[C@H](O)c1ccc(O)cc1. The van der Waals surface area contributed by atoms with Crippen LogP contribution < -0.4 is 0 Å². The summed E-state index contributed by atoms with van der Waals surface area (Å²) in [5.41, 5.74) is 3.78. The van der Waals surface area contributed by atoms with Crippen molar-refractivity contribution in [1.29, 1.82) is 0 Å². The molecule has 3 rings (SSSR count).